The number of amides is 1. The Balaban J connectivity index is 2.02. The standard InChI is InChI=1S/C15H19Cl2N3O3/c1-19-5-7-20(8-6-19)12(15(22)23)9-13(21)18-14-10(16)3-2-4-11(14)17/h2-4,12H,5-9H2,1H3,(H,18,21)(H,22,23)/t12-/m1/s1. The second-order valence-corrected chi connectivity index (χ2v) is 6.36. The third-order valence-electron chi connectivity index (χ3n) is 3.87. The predicted molar refractivity (Wildman–Crippen MR) is 90.2 cm³/mol. The Kier molecular flexibility index (Phi) is 6.24. The molecule has 23 heavy (non-hydrogen) atoms. The zero-order valence-electron chi connectivity index (χ0n) is 12.8. The molecule has 126 valence electrons. The van der Waals surface area contributed by atoms with Gasteiger partial charge in [0.15, 0.2) is 0 Å². The number of anilines is 1. The van der Waals surface area contributed by atoms with E-state index in [0.717, 1.165) is 13.1 Å². The quantitative estimate of drug-likeness (QED) is 0.841. The zero-order chi connectivity index (χ0) is 17.0. The van der Waals surface area contributed by atoms with E-state index >= 15 is 0 Å². The predicted octanol–water partition coefficient (Wildman–Crippen LogP) is 2.02. The summed E-state index contributed by atoms with van der Waals surface area (Å²) in [5.74, 6) is -1.43. The fourth-order valence-corrected chi connectivity index (χ4v) is 2.98. The number of hydrogen-bond acceptors (Lipinski definition) is 4. The van der Waals surface area contributed by atoms with E-state index in [1.165, 1.54) is 0 Å². The van der Waals surface area contributed by atoms with Crippen molar-refractivity contribution in [2.75, 3.05) is 38.5 Å². The summed E-state index contributed by atoms with van der Waals surface area (Å²) in [4.78, 5) is 27.7. The van der Waals surface area contributed by atoms with Crippen LogP contribution in [0.4, 0.5) is 5.69 Å². The Bertz CT molecular complexity index is 569. The maximum absolute atomic E-state index is 12.2. The summed E-state index contributed by atoms with van der Waals surface area (Å²) in [6.45, 7) is 2.80. The van der Waals surface area contributed by atoms with Gasteiger partial charge in [0, 0.05) is 26.2 Å². The maximum Gasteiger partial charge on any atom is 0.321 e. The SMILES string of the molecule is CN1CCN([C@H](CC(=O)Nc2c(Cl)cccc2Cl)C(=O)O)CC1. The lowest BCUT2D eigenvalue weighted by Gasteiger charge is -2.35. The maximum atomic E-state index is 12.2. The molecule has 2 rings (SSSR count). The fraction of sp³-hybridized carbons (Fsp3) is 0.467. The minimum Gasteiger partial charge on any atom is -0.480 e. The molecular weight excluding hydrogens is 341 g/mol. The van der Waals surface area contributed by atoms with Crippen LogP contribution in [-0.2, 0) is 9.59 Å². The van der Waals surface area contributed by atoms with Crippen LogP contribution in [0, 0.1) is 0 Å². The summed E-state index contributed by atoms with van der Waals surface area (Å²) in [6, 6.07) is 4.03. The lowest BCUT2D eigenvalue weighted by molar-refractivity contribution is -0.145. The number of halogens is 2. The Hall–Kier alpha value is -1.34. The first kappa shape index (κ1) is 18.0. The lowest BCUT2D eigenvalue weighted by Crippen LogP contribution is -2.52. The first-order valence-corrected chi connectivity index (χ1v) is 8.03. The van der Waals surface area contributed by atoms with E-state index in [1.807, 2.05) is 11.9 Å². The Morgan fingerprint density at radius 3 is 2.30 bits per heavy atom. The number of carbonyl (C=O) groups excluding carboxylic acids is 1. The normalized spacial score (nSPS) is 17.7. The molecule has 0 bridgehead atoms. The molecule has 0 aliphatic carbocycles. The van der Waals surface area contributed by atoms with Crippen LogP contribution in [-0.4, -0.2) is 66.1 Å². The molecule has 0 unspecified atom stereocenters. The van der Waals surface area contributed by atoms with Gasteiger partial charge in [-0.3, -0.25) is 14.5 Å². The van der Waals surface area contributed by atoms with Gasteiger partial charge >= 0.3 is 5.97 Å². The number of aliphatic carboxylic acids is 1. The number of nitrogens with zero attached hydrogens (tertiary/aromatic N) is 2. The molecule has 1 aliphatic heterocycles. The molecule has 1 amide bonds. The highest BCUT2D eigenvalue weighted by atomic mass is 35.5. The van der Waals surface area contributed by atoms with Gasteiger partial charge in [0.25, 0.3) is 0 Å². The Morgan fingerprint density at radius 1 is 1.22 bits per heavy atom. The van der Waals surface area contributed by atoms with Crippen molar-refractivity contribution in [2.24, 2.45) is 0 Å². The van der Waals surface area contributed by atoms with Crippen molar-refractivity contribution < 1.29 is 14.7 Å². The van der Waals surface area contributed by atoms with Gasteiger partial charge < -0.3 is 15.3 Å². The molecule has 1 atom stereocenters. The summed E-state index contributed by atoms with van der Waals surface area (Å²) in [5.41, 5.74) is 0.309. The molecule has 0 saturated carbocycles. The third-order valence-corrected chi connectivity index (χ3v) is 4.50. The van der Waals surface area contributed by atoms with Crippen LogP contribution in [0.3, 0.4) is 0 Å². The number of nitrogens with one attached hydrogen (secondary N) is 1. The molecule has 2 N–H and O–H groups in total. The van der Waals surface area contributed by atoms with Crippen molar-refractivity contribution in [1.82, 2.24) is 9.80 Å². The summed E-state index contributed by atoms with van der Waals surface area (Å²) in [6.07, 6.45) is -0.152. The second kappa shape index (κ2) is 7.97. The number of hydrogen-bond donors (Lipinski definition) is 2. The molecular formula is C15H19Cl2N3O3. The topological polar surface area (TPSA) is 72.9 Å². The largest absolute Gasteiger partial charge is 0.480 e. The first-order valence-electron chi connectivity index (χ1n) is 7.27. The molecule has 1 aromatic rings. The van der Waals surface area contributed by atoms with Gasteiger partial charge in [-0.05, 0) is 19.2 Å². The summed E-state index contributed by atoms with van der Waals surface area (Å²) in [5, 5.41) is 12.7. The smallest absolute Gasteiger partial charge is 0.321 e. The minimum absolute atomic E-state index is 0.152. The highest BCUT2D eigenvalue weighted by Gasteiger charge is 2.30. The minimum atomic E-state index is -1.00. The molecule has 1 heterocycles. The van der Waals surface area contributed by atoms with E-state index < -0.39 is 17.9 Å². The monoisotopic (exact) mass is 359 g/mol. The second-order valence-electron chi connectivity index (χ2n) is 5.54. The average Bonchev–Trinajstić information content (AvgIpc) is 2.49. The van der Waals surface area contributed by atoms with Crippen LogP contribution in [0.2, 0.25) is 10.0 Å². The van der Waals surface area contributed by atoms with Crippen LogP contribution in [0.25, 0.3) is 0 Å². The number of carbonyl (C=O) groups is 2. The number of likely N-dealkylation sites (N-methyl/N-ethyl adjacent to an activating group) is 1. The number of para-hydroxylation sites is 1. The van der Waals surface area contributed by atoms with Crippen molar-refractivity contribution in [2.45, 2.75) is 12.5 Å². The van der Waals surface area contributed by atoms with Crippen molar-refractivity contribution in [3.63, 3.8) is 0 Å². The summed E-state index contributed by atoms with van der Waals surface area (Å²) in [7, 11) is 1.99. The molecule has 0 radical (unpaired) electrons. The molecule has 0 spiro atoms. The van der Waals surface area contributed by atoms with E-state index in [9.17, 15) is 14.7 Å². The van der Waals surface area contributed by atoms with E-state index in [2.05, 4.69) is 10.2 Å². The molecule has 0 aromatic heterocycles. The van der Waals surface area contributed by atoms with Crippen LogP contribution >= 0.6 is 23.2 Å². The summed E-state index contributed by atoms with van der Waals surface area (Å²) < 4.78 is 0. The number of benzene rings is 1. The van der Waals surface area contributed by atoms with E-state index in [1.54, 1.807) is 18.2 Å². The highest BCUT2D eigenvalue weighted by Crippen LogP contribution is 2.30. The van der Waals surface area contributed by atoms with Gasteiger partial charge in [0.2, 0.25) is 5.91 Å². The Labute approximate surface area is 145 Å². The van der Waals surface area contributed by atoms with Gasteiger partial charge in [-0.15, -0.1) is 0 Å². The van der Waals surface area contributed by atoms with Crippen molar-refractivity contribution in [3.05, 3.63) is 28.2 Å². The first-order chi connectivity index (χ1) is 10.9. The number of piperazine rings is 1. The van der Waals surface area contributed by atoms with Crippen molar-refractivity contribution in [1.29, 1.82) is 0 Å². The number of carboxylic acid groups (broad SMARTS) is 1. The van der Waals surface area contributed by atoms with Gasteiger partial charge in [0.1, 0.15) is 6.04 Å². The van der Waals surface area contributed by atoms with Gasteiger partial charge in [-0.1, -0.05) is 29.3 Å². The highest BCUT2D eigenvalue weighted by molar-refractivity contribution is 6.39. The van der Waals surface area contributed by atoms with Gasteiger partial charge in [0.05, 0.1) is 22.2 Å². The molecule has 8 heteroatoms. The van der Waals surface area contributed by atoms with Crippen LogP contribution in [0.1, 0.15) is 6.42 Å². The van der Waals surface area contributed by atoms with Gasteiger partial charge in [-0.25, -0.2) is 0 Å². The van der Waals surface area contributed by atoms with Gasteiger partial charge in [-0.2, -0.15) is 0 Å². The third kappa shape index (κ3) is 4.81. The van der Waals surface area contributed by atoms with Crippen molar-refractivity contribution >= 4 is 40.8 Å². The zero-order valence-corrected chi connectivity index (χ0v) is 14.3. The lowest BCUT2D eigenvalue weighted by atomic mass is 10.1. The fourth-order valence-electron chi connectivity index (χ4n) is 2.49. The average molecular weight is 360 g/mol. The Morgan fingerprint density at radius 2 is 1.78 bits per heavy atom. The molecule has 1 saturated heterocycles. The molecule has 1 fully saturated rings. The number of carboxylic acids is 1. The summed E-state index contributed by atoms with van der Waals surface area (Å²) >= 11 is 12.0. The van der Waals surface area contributed by atoms with E-state index in [0.29, 0.717) is 28.8 Å². The van der Waals surface area contributed by atoms with E-state index in [-0.39, 0.29) is 6.42 Å². The molecule has 1 aliphatic rings. The van der Waals surface area contributed by atoms with Crippen molar-refractivity contribution in [3.8, 4) is 0 Å². The van der Waals surface area contributed by atoms with E-state index in [4.69, 9.17) is 23.2 Å². The molecule has 1 aromatic carbocycles. The van der Waals surface area contributed by atoms with Crippen LogP contribution in [0.15, 0.2) is 18.2 Å². The number of rotatable bonds is 5. The molecule has 6 nitrogen and oxygen atoms in total. The van der Waals surface area contributed by atoms with Crippen LogP contribution < -0.4 is 5.32 Å². The van der Waals surface area contributed by atoms with Crippen LogP contribution in [0.5, 0.6) is 0 Å².